The van der Waals surface area contributed by atoms with Crippen LogP contribution in [-0.2, 0) is 11.2 Å². The Morgan fingerprint density at radius 2 is 1.62 bits per heavy atom. The topological polar surface area (TPSA) is 63.2 Å². The van der Waals surface area contributed by atoms with Crippen LogP contribution in [0, 0.1) is 6.92 Å². The van der Waals surface area contributed by atoms with Crippen LogP contribution in [0.25, 0.3) is 6.08 Å². The van der Waals surface area contributed by atoms with Gasteiger partial charge in [0.05, 0.1) is 5.57 Å². The number of nitrogens with zero attached hydrogens (tertiary/aromatic N) is 3. The highest BCUT2D eigenvalue weighted by Crippen LogP contribution is 2.44. The van der Waals surface area contributed by atoms with E-state index in [1.54, 1.807) is 30.6 Å². The number of aryl methyl sites for hydroxylation is 1. The molecule has 0 atom stereocenters. The molecule has 1 aliphatic rings. The third-order valence-corrected chi connectivity index (χ3v) is 6.47. The third kappa shape index (κ3) is 3.55. The van der Waals surface area contributed by atoms with E-state index in [2.05, 4.69) is 22.1 Å². The summed E-state index contributed by atoms with van der Waals surface area (Å²) in [4.78, 5) is 36.7. The smallest absolute Gasteiger partial charge is 0.196 e. The lowest BCUT2D eigenvalue weighted by Gasteiger charge is -2.29. The minimum absolute atomic E-state index is 0.128. The molecule has 5 rings (SSSR count). The summed E-state index contributed by atoms with van der Waals surface area (Å²) < 4.78 is 0. The number of carbonyl (C=O) groups is 2. The van der Waals surface area contributed by atoms with Gasteiger partial charge < -0.3 is 0 Å². The highest BCUT2D eigenvalue weighted by molar-refractivity contribution is 7.17. The van der Waals surface area contributed by atoms with Crippen LogP contribution in [-0.4, -0.2) is 22.0 Å². The first-order valence-electron chi connectivity index (χ1n) is 10.2. The summed E-state index contributed by atoms with van der Waals surface area (Å²) in [7, 11) is 0. The van der Waals surface area contributed by atoms with E-state index in [4.69, 9.17) is 0 Å². The Morgan fingerprint density at radius 1 is 0.938 bits per heavy atom. The fraction of sp³-hybridized carbons (Fsp3) is 0.0769. The normalized spacial score (nSPS) is 12.8. The summed E-state index contributed by atoms with van der Waals surface area (Å²) in [6.07, 6.45) is 6.61. The van der Waals surface area contributed by atoms with Gasteiger partial charge in [-0.15, -0.1) is 11.3 Å². The van der Waals surface area contributed by atoms with E-state index in [9.17, 15) is 9.59 Å². The monoisotopic (exact) mass is 437 g/mol. The minimum atomic E-state index is -0.273. The van der Waals surface area contributed by atoms with Crippen LogP contribution in [0.1, 0.15) is 31.9 Å². The van der Waals surface area contributed by atoms with Crippen LogP contribution in [0.3, 0.4) is 0 Å². The van der Waals surface area contributed by atoms with Crippen molar-refractivity contribution in [1.29, 1.82) is 0 Å². The molecule has 32 heavy (non-hydrogen) atoms. The number of thiophene rings is 1. The molecule has 0 aliphatic carbocycles. The van der Waals surface area contributed by atoms with Crippen LogP contribution in [0.4, 0.5) is 16.6 Å². The number of carbonyl (C=O) groups excluding carboxylic acids is 2. The van der Waals surface area contributed by atoms with Gasteiger partial charge in [0.15, 0.2) is 12.1 Å². The van der Waals surface area contributed by atoms with Crippen molar-refractivity contribution in [2.24, 2.45) is 0 Å². The molecule has 3 aromatic heterocycles. The first-order chi connectivity index (χ1) is 15.7. The molecule has 0 spiro atoms. The molecule has 0 radical (unpaired) electrons. The Kier molecular flexibility index (Phi) is 5.21. The van der Waals surface area contributed by atoms with E-state index >= 15 is 0 Å². The Labute approximate surface area is 189 Å². The second-order valence-electron chi connectivity index (χ2n) is 7.52. The molecule has 6 heteroatoms. The van der Waals surface area contributed by atoms with E-state index in [1.165, 1.54) is 11.3 Å². The zero-order valence-electron chi connectivity index (χ0n) is 17.4. The van der Waals surface area contributed by atoms with Gasteiger partial charge in [-0.3, -0.25) is 14.5 Å². The van der Waals surface area contributed by atoms with Crippen molar-refractivity contribution >= 4 is 46.1 Å². The van der Waals surface area contributed by atoms with E-state index < -0.39 is 0 Å². The molecule has 156 valence electrons. The predicted molar refractivity (Wildman–Crippen MR) is 127 cm³/mol. The maximum Gasteiger partial charge on any atom is 0.196 e. The number of aldehydes is 1. The molecule has 0 saturated heterocycles. The maximum atomic E-state index is 12.9. The number of allylic oxidation sites excluding steroid dienone is 1. The van der Waals surface area contributed by atoms with Gasteiger partial charge in [0.25, 0.3) is 0 Å². The van der Waals surface area contributed by atoms with E-state index in [-0.39, 0.29) is 11.4 Å². The van der Waals surface area contributed by atoms with E-state index in [0.29, 0.717) is 11.8 Å². The fourth-order valence-corrected chi connectivity index (χ4v) is 4.85. The van der Waals surface area contributed by atoms with Crippen LogP contribution in [0.2, 0.25) is 0 Å². The summed E-state index contributed by atoms with van der Waals surface area (Å²) in [5, 5.41) is 0.921. The van der Waals surface area contributed by atoms with Crippen LogP contribution >= 0.6 is 11.3 Å². The number of ketones is 1. The summed E-state index contributed by atoms with van der Waals surface area (Å²) in [5.74, 6) is 1.43. The van der Waals surface area contributed by atoms with Crippen molar-refractivity contribution < 1.29 is 9.59 Å². The van der Waals surface area contributed by atoms with Crippen molar-refractivity contribution in [2.45, 2.75) is 13.3 Å². The van der Waals surface area contributed by atoms with Crippen LogP contribution in [0.5, 0.6) is 0 Å². The van der Waals surface area contributed by atoms with Crippen molar-refractivity contribution in [3.63, 3.8) is 0 Å². The number of rotatable bonds is 5. The van der Waals surface area contributed by atoms with Crippen molar-refractivity contribution in [1.82, 2.24) is 9.97 Å². The second-order valence-corrected chi connectivity index (χ2v) is 8.62. The lowest BCUT2D eigenvalue weighted by atomic mass is 9.99. The number of hydrogen-bond donors (Lipinski definition) is 0. The zero-order chi connectivity index (χ0) is 22.1. The number of benzene rings is 1. The van der Waals surface area contributed by atoms with Gasteiger partial charge in [0.2, 0.25) is 0 Å². The molecule has 1 aromatic carbocycles. The van der Waals surface area contributed by atoms with Gasteiger partial charge >= 0.3 is 0 Å². The second kappa shape index (κ2) is 8.32. The van der Waals surface area contributed by atoms with Gasteiger partial charge in [0, 0.05) is 29.3 Å². The zero-order valence-corrected chi connectivity index (χ0v) is 18.2. The third-order valence-electron chi connectivity index (χ3n) is 5.45. The number of hydrogen-bond acceptors (Lipinski definition) is 6. The standard InChI is InChI=1S/C26H19N3O2S/c1-17-6-2-3-9-22(17)24(31)20(16-30)15-21-10-11-23(32-21)29-25-18(7-4-12-27-25)14-19-8-5-13-28-26(19)29/h2-13,15-16H,14H2,1H3/b20-15+. The van der Waals surface area contributed by atoms with Gasteiger partial charge in [-0.25, -0.2) is 9.97 Å². The van der Waals surface area contributed by atoms with Gasteiger partial charge in [-0.2, -0.15) is 0 Å². The largest absolute Gasteiger partial charge is 0.298 e. The number of aromatic nitrogens is 2. The number of anilines is 3. The Hall–Kier alpha value is -3.90. The molecule has 0 amide bonds. The van der Waals surface area contributed by atoms with Gasteiger partial charge in [-0.1, -0.05) is 36.4 Å². The molecule has 4 heterocycles. The highest BCUT2D eigenvalue weighted by atomic mass is 32.1. The highest BCUT2D eigenvalue weighted by Gasteiger charge is 2.27. The molecule has 0 fully saturated rings. The molecule has 0 N–H and O–H groups in total. The lowest BCUT2D eigenvalue weighted by Crippen LogP contribution is -2.20. The van der Waals surface area contributed by atoms with Crippen molar-refractivity contribution in [3.05, 3.63) is 106 Å². The van der Waals surface area contributed by atoms with Crippen molar-refractivity contribution in [2.75, 3.05) is 4.90 Å². The Morgan fingerprint density at radius 3 is 2.28 bits per heavy atom. The van der Waals surface area contributed by atoms with E-state index in [1.807, 2.05) is 48.2 Å². The Bertz CT molecular complexity index is 1330. The minimum Gasteiger partial charge on any atom is -0.298 e. The predicted octanol–water partition coefficient (Wildman–Crippen LogP) is 5.69. The van der Waals surface area contributed by atoms with Crippen molar-refractivity contribution in [3.8, 4) is 0 Å². The average molecular weight is 438 g/mol. The summed E-state index contributed by atoms with van der Waals surface area (Å²) in [5.41, 5.74) is 3.76. The molecule has 0 saturated carbocycles. The number of pyridine rings is 2. The van der Waals surface area contributed by atoms with Gasteiger partial charge in [-0.05, 0) is 54.0 Å². The summed E-state index contributed by atoms with van der Waals surface area (Å²) >= 11 is 1.49. The maximum absolute atomic E-state index is 12.9. The SMILES string of the molecule is Cc1ccccc1C(=O)/C(C=O)=C/c1ccc(N2c3ncccc3Cc3cccnc32)s1. The summed E-state index contributed by atoms with van der Waals surface area (Å²) in [6, 6.07) is 19.2. The molecule has 0 unspecified atom stereocenters. The fourth-order valence-electron chi connectivity index (χ4n) is 3.88. The molecule has 5 nitrogen and oxygen atoms in total. The number of Topliss-reactive ketones (excluding diaryl/α,β-unsaturated/α-hetero) is 1. The van der Waals surface area contributed by atoms with E-state index in [0.717, 1.165) is 44.6 Å². The summed E-state index contributed by atoms with van der Waals surface area (Å²) in [6.45, 7) is 1.87. The molecule has 0 bridgehead atoms. The molecule has 4 aromatic rings. The molecule has 1 aliphatic heterocycles. The van der Waals surface area contributed by atoms with Crippen LogP contribution < -0.4 is 4.90 Å². The molecular formula is C26H19N3O2S. The lowest BCUT2D eigenvalue weighted by molar-refractivity contribution is -0.104. The number of fused-ring (bicyclic) bond motifs is 2. The molecular weight excluding hydrogens is 418 g/mol. The Balaban J connectivity index is 1.54. The first kappa shape index (κ1) is 20.0. The van der Waals surface area contributed by atoms with Crippen LogP contribution in [0.15, 0.2) is 78.6 Å². The van der Waals surface area contributed by atoms with Gasteiger partial charge in [0.1, 0.15) is 16.6 Å². The quantitative estimate of drug-likeness (QED) is 0.116. The first-order valence-corrected chi connectivity index (χ1v) is 11.0. The average Bonchev–Trinajstić information content (AvgIpc) is 3.29.